The molecule has 0 aromatic carbocycles. The van der Waals surface area contributed by atoms with Crippen molar-refractivity contribution in [2.75, 3.05) is 6.61 Å². The van der Waals surface area contributed by atoms with E-state index in [0.717, 1.165) is 18.8 Å². The predicted octanol–water partition coefficient (Wildman–Crippen LogP) is 3.13. The fourth-order valence-corrected chi connectivity index (χ4v) is 2.57. The summed E-state index contributed by atoms with van der Waals surface area (Å²) in [5.74, 6) is 1.00. The Morgan fingerprint density at radius 1 is 1.59 bits per heavy atom. The van der Waals surface area contributed by atoms with E-state index in [1.54, 1.807) is 6.26 Å². The summed E-state index contributed by atoms with van der Waals surface area (Å²) in [4.78, 5) is 0. The number of nitrogens with one attached hydrogen (secondary N) is 1. The molecule has 1 aromatic rings. The van der Waals surface area contributed by atoms with E-state index < -0.39 is 0 Å². The highest BCUT2D eigenvalue weighted by Gasteiger charge is 2.49. The second kappa shape index (κ2) is 4.83. The smallest absolute Gasteiger partial charge is 0.120 e. The van der Waals surface area contributed by atoms with E-state index in [2.05, 4.69) is 33.0 Å². The molecule has 0 radical (unpaired) electrons. The molecule has 96 valence electrons. The first-order valence-corrected chi connectivity index (χ1v) is 6.46. The Morgan fingerprint density at radius 3 is 2.88 bits per heavy atom. The van der Waals surface area contributed by atoms with Gasteiger partial charge >= 0.3 is 0 Å². The zero-order valence-corrected chi connectivity index (χ0v) is 11.2. The molecule has 0 aliphatic heterocycles. The largest absolute Gasteiger partial charge is 0.468 e. The van der Waals surface area contributed by atoms with Crippen LogP contribution in [0.5, 0.6) is 0 Å². The average molecular weight is 237 g/mol. The van der Waals surface area contributed by atoms with Crippen molar-refractivity contribution in [2.24, 2.45) is 5.41 Å². The van der Waals surface area contributed by atoms with E-state index in [1.165, 1.54) is 0 Å². The van der Waals surface area contributed by atoms with Gasteiger partial charge in [0.1, 0.15) is 5.76 Å². The van der Waals surface area contributed by atoms with Crippen LogP contribution in [-0.2, 0) is 4.74 Å². The van der Waals surface area contributed by atoms with Gasteiger partial charge in [0.25, 0.3) is 0 Å². The van der Waals surface area contributed by atoms with Gasteiger partial charge in [0, 0.05) is 18.1 Å². The number of furan rings is 1. The van der Waals surface area contributed by atoms with Crippen LogP contribution in [0.3, 0.4) is 0 Å². The van der Waals surface area contributed by atoms with Crippen LogP contribution in [0, 0.1) is 5.41 Å². The van der Waals surface area contributed by atoms with E-state index >= 15 is 0 Å². The number of hydrogen-bond acceptors (Lipinski definition) is 3. The molecule has 1 heterocycles. The van der Waals surface area contributed by atoms with Crippen molar-refractivity contribution >= 4 is 0 Å². The highest BCUT2D eigenvalue weighted by atomic mass is 16.5. The predicted molar refractivity (Wildman–Crippen MR) is 67.9 cm³/mol. The molecule has 0 bridgehead atoms. The van der Waals surface area contributed by atoms with E-state index in [4.69, 9.17) is 9.15 Å². The molecular formula is C14H23NO2. The first-order valence-electron chi connectivity index (χ1n) is 6.46. The van der Waals surface area contributed by atoms with E-state index in [1.807, 2.05) is 12.1 Å². The third-order valence-corrected chi connectivity index (χ3v) is 3.97. The average Bonchev–Trinajstić information content (AvgIpc) is 2.81. The highest BCUT2D eigenvalue weighted by Crippen LogP contribution is 2.43. The van der Waals surface area contributed by atoms with Crippen LogP contribution in [0.1, 0.15) is 45.9 Å². The fourth-order valence-electron chi connectivity index (χ4n) is 2.57. The van der Waals surface area contributed by atoms with E-state index in [9.17, 15) is 0 Å². The molecule has 2 rings (SSSR count). The number of rotatable bonds is 5. The Morgan fingerprint density at radius 2 is 2.35 bits per heavy atom. The Bertz CT molecular complexity index is 345. The molecule has 1 fully saturated rings. The topological polar surface area (TPSA) is 34.4 Å². The summed E-state index contributed by atoms with van der Waals surface area (Å²) in [5.41, 5.74) is 0.205. The van der Waals surface area contributed by atoms with Crippen molar-refractivity contribution in [3.8, 4) is 0 Å². The van der Waals surface area contributed by atoms with Crippen LogP contribution >= 0.6 is 0 Å². The van der Waals surface area contributed by atoms with Gasteiger partial charge in [-0.25, -0.2) is 0 Å². The van der Waals surface area contributed by atoms with Crippen molar-refractivity contribution in [2.45, 2.75) is 52.3 Å². The summed E-state index contributed by atoms with van der Waals surface area (Å²) >= 11 is 0. The molecule has 3 atom stereocenters. The lowest BCUT2D eigenvalue weighted by atomic mass is 9.64. The Hall–Kier alpha value is -0.800. The third kappa shape index (κ3) is 2.40. The lowest BCUT2D eigenvalue weighted by molar-refractivity contribution is -0.116. The number of hydrogen-bond donors (Lipinski definition) is 1. The minimum absolute atomic E-state index is 0.205. The van der Waals surface area contributed by atoms with Crippen molar-refractivity contribution in [3.05, 3.63) is 24.2 Å². The molecule has 3 nitrogen and oxygen atoms in total. The van der Waals surface area contributed by atoms with Crippen molar-refractivity contribution in [1.29, 1.82) is 0 Å². The number of ether oxygens (including phenoxy) is 1. The van der Waals surface area contributed by atoms with Crippen LogP contribution in [-0.4, -0.2) is 18.8 Å². The van der Waals surface area contributed by atoms with Crippen molar-refractivity contribution in [3.63, 3.8) is 0 Å². The third-order valence-electron chi connectivity index (χ3n) is 3.97. The Balaban J connectivity index is 1.89. The lowest BCUT2D eigenvalue weighted by Crippen LogP contribution is -2.61. The van der Waals surface area contributed by atoms with Gasteiger partial charge in [-0.3, -0.25) is 0 Å². The molecular weight excluding hydrogens is 214 g/mol. The molecule has 1 N–H and O–H groups in total. The van der Waals surface area contributed by atoms with Crippen LogP contribution in [0.2, 0.25) is 0 Å². The highest BCUT2D eigenvalue weighted by molar-refractivity contribution is 5.08. The normalized spacial score (nSPS) is 28.7. The maximum atomic E-state index is 5.73. The summed E-state index contributed by atoms with van der Waals surface area (Å²) in [6, 6.07) is 4.71. The van der Waals surface area contributed by atoms with Gasteiger partial charge in [-0.1, -0.05) is 13.8 Å². The van der Waals surface area contributed by atoms with Gasteiger partial charge < -0.3 is 14.5 Å². The second-order valence-electron chi connectivity index (χ2n) is 5.46. The zero-order valence-electron chi connectivity index (χ0n) is 11.2. The molecule has 0 saturated heterocycles. The lowest BCUT2D eigenvalue weighted by Gasteiger charge is -2.52. The maximum Gasteiger partial charge on any atom is 0.120 e. The summed E-state index contributed by atoms with van der Waals surface area (Å²) in [5, 5.41) is 3.62. The fraction of sp³-hybridized carbons (Fsp3) is 0.714. The molecule has 0 spiro atoms. The van der Waals surface area contributed by atoms with Crippen molar-refractivity contribution in [1.82, 2.24) is 5.32 Å². The van der Waals surface area contributed by atoms with Gasteiger partial charge in [-0.2, -0.15) is 0 Å². The molecule has 3 unspecified atom stereocenters. The quantitative estimate of drug-likeness (QED) is 0.854. The van der Waals surface area contributed by atoms with Crippen LogP contribution in [0.4, 0.5) is 0 Å². The van der Waals surface area contributed by atoms with Gasteiger partial charge in [-0.15, -0.1) is 0 Å². The van der Waals surface area contributed by atoms with Gasteiger partial charge in [0.2, 0.25) is 0 Å². The minimum atomic E-state index is 0.205. The van der Waals surface area contributed by atoms with Crippen molar-refractivity contribution < 1.29 is 9.15 Å². The molecule has 0 amide bonds. The van der Waals surface area contributed by atoms with Crippen LogP contribution in [0.15, 0.2) is 22.8 Å². The maximum absolute atomic E-state index is 5.73. The molecule has 17 heavy (non-hydrogen) atoms. The molecule has 1 saturated carbocycles. The molecule has 1 aliphatic rings. The monoisotopic (exact) mass is 237 g/mol. The summed E-state index contributed by atoms with van der Waals surface area (Å²) < 4.78 is 11.1. The Kier molecular flexibility index (Phi) is 3.59. The van der Waals surface area contributed by atoms with Gasteiger partial charge in [-0.05, 0) is 32.4 Å². The van der Waals surface area contributed by atoms with Gasteiger partial charge in [0.05, 0.1) is 18.4 Å². The summed E-state index contributed by atoms with van der Waals surface area (Å²) in [6.07, 6.45) is 3.20. The summed E-state index contributed by atoms with van der Waals surface area (Å²) in [6.45, 7) is 9.53. The molecule has 1 aliphatic carbocycles. The molecule has 3 heteroatoms. The summed E-state index contributed by atoms with van der Waals surface area (Å²) in [7, 11) is 0. The van der Waals surface area contributed by atoms with E-state index in [-0.39, 0.29) is 11.5 Å². The van der Waals surface area contributed by atoms with Gasteiger partial charge in [0.15, 0.2) is 0 Å². The zero-order chi connectivity index (χ0) is 12.5. The van der Waals surface area contributed by atoms with Crippen LogP contribution < -0.4 is 5.32 Å². The second-order valence-corrected chi connectivity index (χ2v) is 5.46. The first-order chi connectivity index (χ1) is 8.05. The van der Waals surface area contributed by atoms with Crippen LogP contribution in [0.25, 0.3) is 0 Å². The SMILES string of the molecule is CCOC1CC(NC(C)c2ccco2)C1(C)C. The van der Waals surface area contributed by atoms with E-state index in [0.29, 0.717) is 12.1 Å². The standard InChI is InChI=1S/C14H23NO2/c1-5-16-13-9-12(14(13,3)4)15-10(2)11-7-6-8-17-11/h6-8,10,12-13,15H,5,9H2,1-4H3. The minimum Gasteiger partial charge on any atom is -0.468 e. The Labute approximate surface area is 104 Å². The molecule has 1 aromatic heterocycles. The first kappa shape index (κ1) is 12.7.